The molecule has 6 heteroatoms. The fourth-order valence-electron chi connectivity index (χ4n) is 0.672. The van der Waals surface area contributed by atoms with Crippen LogP contribution in [0.3, 0.4) is 0 Å². The van der Waals surface area contributed by atoms with Gasteiger partial charge in [0.15, 0.2) is 5.38 Å². The molecular formula is C6H10N2O2S2. The van der Waals surface area contributed by atoms with Crippen molar-refractivity contribution in [2.75, 3.05) is 6.26 Å². The van der Waals surface area contributed by atoms with Crippen molar-refractivity contribution in [3.8, 4) is 0 Å². The molecule has 68 valence electrons. The predicted octanol–water partition coefficient (Wildman–Crippen LogP) is 1.75. The second-order valence-corrected chi connectivity index (χ2v) is 8.01. The Kier molecular flexibility index (Phi) is 2.50. The van der Waals surface area contributed by atoms with E-state index in [0.29, 0.717) is 5.69 Å². The van der Waals surface area contributed by atoms with Crippen LogP contribution in [0, 0.1) is 0 Å². The third-order valence-electron chi connectivity index (χ3n) is 1.34. The van der Waals surface area contributed by atoms with Crippen molar-refractivity contribution in [3.05, 3.63) is 22.3 Å². The molecule has 0 aliphatic rings. The van der Waals surface area contributed by atoms with E-state index in [1.165, 1.54) is 11.8 Å². The summed E-state index contributed by atoms with van der Waals surface area (Å²) in [5.74, 6) is 0. The van der Waals surface area contributed by atoms with Crippen LogP contribution in [0.5, 0.6) is 0 Å². The van der Waals surface area contributed by atoms with Crippen LogP contribution < -0.4 is 0 Å². The monoisotopic (exact) mass is 206 g/mol. The van der Waals surface area contributed by atoms with Gasteiger partial charge in [0.05, 0.1) is 11.9 Å². The molecule has 0 fully saturated rings. The average molecular weight is 206 g/mol. The lowest BCUT2D eigenvalue weighted by molar-refractivity contribution is 0.615. The Bertz CT molecular complexity index is 367. The molecule has 1 aromatic heterocycles. The smallest absolute Gasteiger partial charge is 0.336 e. The van der Waals surface area contributed by atoms with Gasteiger partial charge < -0.3 is 5.73 Å². The molecule has 0 aromatic carbocycles. The van der Waals surface area contributed by atoms with Crippen LogP contribution in [0.2, 0.25) is 0 Å². The zero-order chi connectivity index (χ0) is 9.35. The van der Waals surface area contributed by atoms with Crippen LogP contribution in [-0.4, -0.2) is 19.7 Å². The van der Waals surface area contributed by atoms with E-state index in [1.807, 2.05) is 0 Å². The summed E-state index contributed by atoms with van der Waals surface area (Å²) in [5.41, 5.74) is 9.24. The van der Waals surface area contributed by atoms with Crippen LogP contribution >= 0.6 is 9.50 Å². The van der Waals surface area contributed by atoms with Gasteiger partial charge in [-0.2, -0.15) is 8.42 Å². The van der Waals surface area contributed by atoms with Crippen molar-refractivity contribution in [3.63, 3.8) is 0 Å². The highest BCUT2D eigenvalue weighted by Gasteiger charge is 2.19. The summed E-state index contributed by atoms with van der Waals surface area (Å²) in [5, 5.41) is 1.55. The van der Waals surface area contributed by atoms with Gasteiger partial charge in [0.1, 0.15) is 9.50 Å². The van der Waals surface area contributed by atoms with Gasteiger partial charge in [-0.05, 0) is 0 Å². The van der Waals surface area contributed by atoms with E-state index in [9.17, 15) is 8.42 Å². The molecule has 2 atom stereocenters. The van der Waals surface area contributed by atoms with E-state index >= 15 is 0 Å². The van der Waals surface area contributed by atoms with Crippen LogP contribution in [0.25, 0.3) is 5.73 Å². The lowest BCUT2D eigenvalue weighted by Gasteiger charge is -2.05. The topological polar surface area (TPSA) is 70.8 Å². The van der Waals surface area contributed by atoms with Gasteiger partial charge in [-0.3, -0.25) is 0 Å². The minimum absolute atomic E-state index is 0.444. The molecule has 0 radical (unpaired) electrons. The molecule has 0 amide bonds. The van der Waals surface area contributed by atoms with Gasteiger partial charge in [-0.15, -0.1) is 0 Å². The zero-order valence-corrected chi connectivity index (χ0v) is 8.45. The van der Waals surface area contributed by atoms with Gasteiger partial charge in [-0.25, -0.2) is 4.98 Å². The molecule has 0 bridgehead atoms. The van der Waals surface area contributed by atoms with Crippen molar-refractivity contribution in [1.82, 2.24) is 4.98 Å². The molecule has 1 heterocycles. The van der Waals surface area contributed by atoms with Crippen LogP contribution in [-0.2, 0) is 8.87 Å². The molecule has 12 heavy (non-hydrogen) atoms. The first-order chi connectivity index (χ1) is 5.41. The summed E-state index contributed by atoms with van der Waals surface area (Å²) in [6.07, 6.45) is 1.18. The molecule has 0 saturated carbocycles. The number of thiazole rings is 1. The number of nitrogens with zero attached hydrogens (tertiary/aromatic N) is 1. The normalized spacial score (nSPS) is 16.1. The van der Waals surface area contributed by atoms with Crippen LogP contribution in [0.1, 0.15) is 18.7 Å². The first-order valence-electron chi connectivity index (χ1n) is 3.30. The Morgan fingerprint density at radius 1 is 1.67 bits per heavy atom. The number of hydrogen-bond donors (Lipinski definition) is 0. The van der Waals surface area contributed by atoms with Gasteiger partial charge in [0.2, 0.25) is 5.51 Å². The van der Waals surface area contributed by atoms with E-state index in [1.54, 1.807) is 12.3 Å². The van der Waals surface area contributed by atoms with Crippen LogP contribution in [0.4, 0.5) is 0 Å². The lowest BCUT2D eigenvalue weighted by Crippen LogP contribution is -1.86. The average Bonchev–Trinajstić information content (AvgIpc) is 2.30. The SMILES string of the molecule is C[C@H]([NH-])c1c[s+](S(C)(=O)=O)cn1. The van der Waals surface area contributed by atoms with Gasteiger partial charge in [0.25, 0.3) is 0 Å². The highest BCUT2D eigenvalue weighted by Crippen LogP contribution is 2.27. The van der Waals surface area contributed by atoms with Crippen molar-refractivity contribution in [1.29, 1.82) is 0 Å². The maximum Gasteiger partial charge on any atom is 0.336 e. The third-order valence-corrected chi connectivity index (χ3v) is 5.47. The Labute approximate surface area is 73.7 Å². The number of hydrogen-bond acceptors (Lipinski definition) is 3. The number of rotatable bonds is 2. The van der Waals surface area contributed by atoms with Crippen molar-refractivity contribution >= 4 is 18.4 Å². The second kappa shape index (κ2) is 3.12. The fraction of sp³-hybridized carbons (Fsp3) is 0.500. The quantitative estimate of drug-likeness (QED) is 0.546. The Balaban J connectivity index is 3.09. The standard InChI is InChI=1S/C6H10N2O2S2/c1-5(7)6-3-11(4-8-6)12(2,9)10/h3-5,7H,1-2H3/t5-,11?/m0/s1. The molecular weight excluding hydrogens is 196 g/mol. The van der Waals surface area contributed by atoms with Gasteiger partial charge >= 0.3 is 8.87 Å². The summed E-state index contributed by atoms with van der Waals surface area (Å²) in [7, 11) is -3.95. The van der Waals surface area contributed by atoms with E-state index in [0.717, 1.165) is 0 Å². The van der Waals surface area contributed by atoms with Gasteiger partial charge in [0, 0.05) is 0 Å². The summed E-state index contributed by atoms with van der Waals surface area (Å²) < 4.78 is 22.0. The minimum Gasteiger partial charge on any atom is -0.670 e. The molecule has 4 nitrogen and oxygen atoms in total. The molecule has 0 saturated heterocycles. The summed E-state index contributed by atoms with van der Waals surface area (Å²) in [4.78, 5) is 3.86. The maximum absolute atomic E-state index is 11.0. The third kappa shape index (κ3) is 2.02. The van der Waals surface area contributed by atoms with E-state index in [2.05, 4.69) is 4.98 Å². The fourth-order valence-corrected chi connectivity index (χ4v) is 3.21. The Hall–Kier alpha value is -0.460. The van der Waals surface area contributed by atoms with E-state index in [4.69, 9.17) is 5.73 Å². The highest BCUT2D eigenvalue weighted by atomic mass is 33.2. The number of aromatic nitrogens is 1. The summed E-state index contributed by atoms with van der Waals surface area (Å²) in [6, 6.07) is -0.444. The molecule has 1 N–H and O–H groups in total. The molecule has 0 spiro atoms. The molecule has 1 unspecified atom stereocenters. The molecule has 1 rings (SSSR count). The van der Waals surface area contributed by atoms with Crippen molar-refractivity contribution in [2.45, 2.75) is 13.0 Å². The highest BCUT2D eigenvalue weighted by molar-refractivity contribution is 8.38. The molecule has 0 aliphatic heterocycles. The molecule has 0 aliphatic carbocycles. The summed E-state index contributed by atoms with van der Waals surface area (Å²) >= 11 is 0. The largest absolute Gasteiger partial charge is 0.670 e. The van der Waals surface area contributed by atoms with E-state index < -0.39 is 24.4 Å². The van der Waals surface area contributed by atoms with Gasteiger partial charge in [-0.1, -0.05) is 13.0 Å². The number of nitrogens with one attached hydrogen (secondary N) is 1. The summed E-state index contributed by atoms with van der Waals surface area (Å²) in [6.45, 7) is 1.66. The van der Waals surface area contributed by atoms with Crippen LogP contribution in [0.15, 0.2) is 10.9 Å². The predicted molar refractivity (Wildman–Crippen MR) is 49.7 cm³/mol. The van der Waals surface area contributed by atoms with Crippen molar-refractivity contribution < 1.29 is 8.42 Å². The zero-order valence-electron chi connectivity index (χ0n) is 6.81. The second-order valence-electron chi connectivity index (χ2n) is 2.53. The maximum atomic E-state index is 11.0. The van der Waals surface area contributed by atoms with Crippen molar-refractivity contribution in [2.24, 2.45) is 0 Å². The lowest BCUT2D eigenvalue weighted by atomic mass is 10.3. The molecule has 1 aromatic rings. The first kappa shape index (κ1) is 9.63. The Morgan fingerprint density at radius 2 is 2.25 bits per heavy atom. The van der Waals surface area contributed by atoms with E-state index in [-0.39, 0.29) is 0 Å². The minimum atomic E-state index is -3.05. The Morgan fingerprint density at radius 3 is 2.50 bits per heavy atom. The first-order valence-corrected chi connectivity index (χ1v) is 7.06.